The van der Waals surface area contributed by atoms with Crippen LogP contribution in [0.4, 0.5) is 0 Å². The first-order valence-electron chi connectivity index (χ1n) is 3.88. The van der Waals surface area contributed by atoms with Crippen LogP contribution in [-0.4, -0.2) is 31.4 Å². The molecule has 0 saturated heterocycles. The van der Waals surface area contributed by atoms with Gasteiger partial charge in [0.2, 0.25) is 0 Å². The lowest BCUT2D eigenvalue weighted by Crippen LogP contribution is -2.32. The van der Waals surface area contributed by atoms with Gasteiger partial charge in [-0.05, 0) is 34.1 Å². The summed E-state index contributed by atoms with van der Waals surface area (Å²) in [4.78, 5) is 0. The molecule has 0 saturated carbocycles. The van der Waals surface area contributed by atoms with Crippen molar-refractivity contribution in [2.75, 3.05) is 14.2 Å². The second kappa shape index (κ2) is 4.85. The van der Waals surface area contributed by atoms with E-state index in [4.69, 9.17) is 19.5 Å². The van der Waals surface area contributed by atoms with E-state index >= 15 is 0 Å². The first kappa shape index (κ1) is 11.6. The fraction of sp³-hybridized carbons (Fsp3) is 0.250. The molecule has 0 bridgehead atoms. The minimum atomic E-state index is -1.50. The molecule has 0 radical (unpaired) electrons. The van der Waals surface area contributed by atoms with Crippen LogP contribution in [0.1, 0.15) is 0 Å². The van der Waals surface area contributed by atoms with Crippen LogP contribution in [-0.2, 0) is 0 Å². The van der Waals surface area contributed by atoms with Gasteiger partial charge in [0.15, 0.2) is 11.5 Å². The lowest BCUT2D eigenvalue weighted by atomic mass is 9.80. The van der Waals surface area contributed by atoms with Crippen molar-refractivity contribution in [2.24, 2.45) is 0 Å². The van der Waals surface area contributed by atoms with Crippen LogP contribution in [0, 0.1) is 3.57 Å². The van der Waals surface area contributed by atoms with Gasteiger partial charge in [0.25, 0.3) is 0 Å². The molecule has 6 heteroatoms. The van der Waals surface area contributed by atoms with Crippen molar-refractivity contribution in [3.63, 3.8) is 0 Å². The van der Waals surface area contributed by atoms with Gasteiger partial charge in [0.05, 0.1) is 17.8 Å². The monoisotopic (exact) mass is 308 g/mol. The zero-order valence-corrected chi connectivity index (χ0v) is 9.98. The van der Waals surface area contributed by atoms with Crippen molar-refractivity contribution in [3.8, 4) is 11.5 Å². The zero-order chi connectivity index (χ0) is 10.7. The highest BCUT2D eigenvalue weighted by Crippen LogP contribution is 2.30. The molecule has 0 fully saturated rings. The fourth-order valence-corrected chi connectivity index (χ4v) is 2.05. The topological polar surface area (TPSA) is 58.9 Å². The normalized spacial score (nSPS) is 9.79. The Kier molecular flexibility index (Phi) is 4.03. The van der Waals surface area contributed by atoms with Crippen LogP contribution in [0.2, 0.25) is 0 Å². The van der Waals surface area contributed by atoms with Crippen molar-refractivity contribution in [2.45, 2.75) is 0 Å². The fourth-order valence-electron chi connectivity index (χ4n) is 1.10. The molecule has 0 unspecified atom stereocenters. The SMILES string of the molecule is COc1ccc(B(O)O)c(I)c1OC. The van der Waals surface area contributed by atoms with Gasteiger partial charge in [-0.3, -0.25) is 0 Å². The number of methoxy groups -OCH3 is 2. The van der Waals surface area contributed by atoms with E-state index in [1.807, 2.05) is 22.6 Å². The molecule has 1 aromatic rings. The highest BCUT2D eigenvalue weighted by Gasteiger charge is 2.20. The standard InChI is InChI=1S/C8H10BIO4/c1-13-6-4-3-5(9(11)12)7(10)8(6)14-2/h3-4,11-12H,1-2H3. The molecule has 0 aliphatic heterocycles. The summed E-state index contributed by atoms with van der Waals surface area (Å²) in [5.41, 5.74) is 0.406. The Bertz CT molecular complexity index is 329. The predicted octanol–water partition coefficient (Wildman–Crippen LogP) is -0.0118. The summed E-state index contributed by atoms with van der Waals surface area (Å²) in [6.07, 6.45) is 0. The molecular formula is C8H10BIO4. The van der Waals surface area contributed by atoms with Crippen LogP contribution < -0.4 is 14.9 Å². The second-order valence-electron chi connectivity index (χ2n) is 2.58. The van der Waals surface area contributed by atoms with Gasteiger partial charge in [-0.15, -0.1) is 0 Å². The Labute approximate surface area is 96.1 Å². The Hall–Kier alpha value is -0.465. The predicted molar refractivity (Wildman–Crippen MR) is 62.1 cm³/mol. The highest BCUT2D eigenvalue weighted by atomic mass is 127. The van der Waals surface area contributed by atoms with E-state index in [1.54, 1.807) is 12.1 Å². The van der Waals surface area contributed by atoms with Gasteiger partial charge in [-0.25, -0.2) is 0 Å². The van der Waals surface area contributed by atoms with E-state index in [0.29, 0.717) is 20.5 Å². The maximum absolute atomic E-state index is 9.04. The number of hydrogen-bond acceptors (Lipinski definition) is 4. The average Bonchev–Trinajstić information content (AvgIpc) is 2.16. The summed E-state index contributed by atoms with van der Waals surface area (Å²) < 4.78 is 10.8. The molecule has 76 valence electrons. The van der Waals surface area contributed by atoms with Crippen LogP contribution >= 0.6 is 22.6 Å². The maximum Gasteiger partial charge on any atom is 0.489 e. The van der Waals surface area contributed by atoms with Crippen molar-refractivity contribution >= 4 is 35.2 Å². The zero-order valence-electron chi connectivity index (χ0n) is 7.82. The number of rotatable bonds is 3. The van der Waals surface area contributed by atoms with E-state index in [1.165, 1.54) is 14.2 Å². The van der Waals surface area contributed by atoms with Gasteiger partial charge in [0, 0.05) is 0 Å². The third-order valence-electron chi connectivity index (χ3n) is 1.79. The summed E-state index contributed by atoms with van der Waals surface area (Å²) in [5, 5.41) is 18.1. The van der Waals surface area contributed by atoms with Crippen molar-refractivity contribution in [1.82, 2.24) is 0 Å². The smallest absolute Gasteiger partial charge is 0.489 e. The van der Waals surface area contributed by atoms with Crippen LogP contribution in [0.25, 0.3) is 0 Å². The molecule has 0 aliphatic rings. The van der Waals surface area contributed by atoms with E-state index in [2.05, 4.69) is 0 Å². The molecule has 4 nitrogen and oxygen atoms in total. The van der Waals surface area contributed by atoms with Crippen molar-refractivity contribution in [3.05, 3.63) is 15.7 Å². The molecule has 0 aliphatic carbocycles. The van der Waals surface area contributed by atoms with E-state index in [0.717, 1.165) is 0 Å². The van der Waals surface area contributed by atoms with Gasteiger partial charge in [-0.2, -0.15) is 0 Å². The quantitative estimate of drug-likeness (QED) is 0.609. The molecule has 0 heterocycles. The molecule has 2 N–H and O–H groups in total. The minimum Gasteiger partial charge on any atom is -0.493 e. The Morgan fingerprint density at radius 3 is 2.29 bits per heavy atom. The molecule has 0 spiro atoms. The van der Waals surface area contributed by atoms with E-state index in [-0.39, 0.29) is 0 Å². The molecule has 0 atom stereocenters. The summed E-state index contributed by atoms with van der Waals surface area (Å²) in [7, 11) is 1.54. The van der Waals surface area contributed by atoms with Gasteiger partial charge in [-0.1, -0.05) is 6.07 Å². The third-order valence-corrected chi connectivity index (χ3v) is 2.91. The Morgan fingerprint density at radius 1 is 1.21 bits per heavy atom. The molecule has 1 aromatic carbocycles. The first-order valence-corrected chi connectivity index (χ1v) is 4.96. The summed E-state index contributed by atoms with van der Waals surface area (Å²) in [5.74, 6) is 1.08. The Balaban J connectivity index is 3.27. The largest absolute Gasteiger partial charge is 0.493 e. The maximum atomic E-state index is 9.04. The molecule has 1 rings (SSSR count). The third kappa shape index (κ3) is 2.13. The summed E-state index contributed by atoms with van der Waals surface area (Å²) in [6.45, 7) is 0. The highest BCUT2D eigenvalue weighted by molar-refractivity contribution is 14.1. The average molecular weight is 308 g/mol. The van der Waals surface area contributed by atoms with Crippen LogP contribution in [0.15, 0.2) is 12.1 Å². The summed E-state index contributed by atoms with van der Waals surface area (Å²) in [6, 6.07) is 3.23. The Morgan fingerprint density at radius 2 is 1.86 bits per heavy atom. The van der Waals surface area contributed by atoms with Crippen molar-refractivity contribution < 1.29 is 19.5 Å². The van der Waals surface area contributed by atoms with Gasteiger partial charge >= 0.3 is 7.12 Å². The number of ether oxygens (including phenoxy) is 2. The molecule has 0 aromatic heterocycles. The van der Waals surface area contributed by atoms with Crippen molar-refractivity contribution in [1.29, 1.82) is 0 Å². The van der Waals surface area contributed by atoms with Gasteiger partial charge < -0.3 is 19.5 Å². The number of halogens is 1. The summed E-state index contributed by atoms with van der Waals surface area (Å²) >= 11 is 1.98. The van der Waals surface area contributed by atoms with Crippen LogP contribution in [0.5, 0.6) is 11.5 Å². The molecule has 0 amide bonds. The number of hydrogen-bond donors (Lipinski definition) is 2. The van der Waals surface area contributed by atoms with Gasteiger partial charge in [0.1, 0.15) is 0 Å². The lowest BCUT2D eigenvalue weighted by molar-refractivity contribution is 0.352. The second-order valence-corrected chi connectivity index (χ2v) is 3.66. The van der Waals surface area contributed by atoms with Crippen LogP contribution in [0.3, 0.4) is 0 Å². The van der Waals surface area contributed by atoms with E-state index < -0.39 is 7.12 Å². The molecular weight excluding hydrogens is 298 g/mol. The number of benzene rings is 1. The lowest BCUT2D eigenvalue weighted by Gasteiger charge is -2.12. The molecule has 14 heavy (non-hydrogen) atoms. The first-order chi connectivity index (χ1) is 6.61. The van der Waals surface area contributed by atoms with E-state index in [9.17, 15) is 0 Å². The minimum absolute atomic E-state index is 0.406.